The van der Waals surface area contributed by atoms with Crippen molar-refractivity contribution >= 4 is 16.9 Å². The lowest BCUT2D eigenvalue weighted by Gasteiger charge is -2.13. The van der Waals surface area contributed by atoms with Gasteiger partial charge in [0.1, 0.15) is 5.76 Å². The zero-order valence-corrected chi connectivity index (χ0v) is 14.2. The summed E-state index contributed by atoms with van der Waals surface area (Å²) in [5, 5.41) is 8.21. The summed E-state index contributed by atoms with van der Waals surface area (Å²) in [5.41, 5.74) is 1.35. The van der Waals surface area contributed by atoms with Gasteiger partial charge < -0.3 is 9.73 Å². The van der Waals surface area contributed by atoms with Crippen LogP contribution in [-0.2, 0) is 6.42 Å². The molecule has 1 atom stereocenters. The fourth-order valence-electron chi connectivity index (χ4n) is 2.64. The van der Waals surface area contributed by atoms with Crippen LogP contribution in [0.3, 0.4) is 0 Å². The molecule has 1 N–H and O–H groups in total. The van der Waals surface area contributed by atoms with Crippen molar-refractivity contribution in [1.29, 1.82) is 0 Å². The van der Waals surface area contributed by atoms with Gasteiger partial charge in [-0.15, -0.1) is 0 Å². The van der Waals surface area contributed by atoms with Crippen LogP contribution in [0.1, 0.15) is 49.4 Å². The predicted octanol–water partition coefficient (Wildman–Crippen LogP) is 3.36. The fourth-order valence-corrected chi connectivity index (χ4v) is 2.64. The molecule has 0 aromatic carbocycles. The number of pyridine rings is 1. The van der Waals surface area contributed by atoms with Crippen molar-refractivity contribution in [2.45, 2.75) is 45.7 Å². The quantitative estimate of drug-likeness (QED) is 0.754. The maximum Gasteiger partial charge on any atom is 0.253 e. The minimum atomic E-state index is -0.117. The molecule has 3 aromatic rings. The Morgan fingerprint density at radius 3 is 2.88 bits per heavy atom. The maximum absolute atomic E-state index is 12.4. The van der Waals surface area contributed by atoms with Crippen molar-refractivity contribution in [3.05, 3.63) is 48.2 Å². The van der Waals surface area contributed by atoms with Gasteiger partial charge in [0.05, 0.1) is 18.0 Å². The Balaban J connectivity index is 1.65. The second kappa shape index (κ2) is 6.86. The first-order valence-electron chi connectivity index (χ1n) is 8.21. The summed E-state index contributed by atoms with van der Waals surface area (Å²) in [4.78, 5) is 16.8. The summed E-state index contributed by atoms with van der Waals surface area (Å²) in [5.74, 6) is 0.814. The molecule has 0 bridgehead atoms. The molecule has 0 radical (unpaired) electrons. The molecule has 126 valence electrons. The zero-order valence-electron chi connectivity index (χ0n) is 14.2. The van der Waals surface area contributed by atoms with E-state index >= 15 is 0 Å². The molecule has 0 aliphatic rings. The number of carbonyl (C=O) groups excluding carboxylic acids is 1. The minimum absolute atomic E-state index is 0.0525. The molecule has 6 heteroatoms. The molecule has 3 rings (SSSR count). The van der Waals surface area contributed by atoms with Crippen LogP contribution < -0.4 is 5.32 Å². The van der Waals surface area contributed by atoms with Crippen molar-refractivity contribution in [3.8, 4) is 0 Å². The third-order valence-corrected chi connectivity index (χ3v) is 3.97. The number of carbonyl (C=O) groups is 1. The van der Waals surface area contributed by atoms with Gasteiger partial charge in [0.2, 0.25) is 0 Å². The first-order chi connectivity index (χ1) is 11.5. The molecule has 0 saturated carbocycles. The van der Waals surface area contributed by atoms with E-state index in [1.807, 2.05) is 29.8 Å². The number of rotatable bonds is 6. The Morgan fingerprint density at radius 2 is 2.17 bits per heavy atom. The molecule has 0 saturated heterocycles. The van der Waals surface area contributed by atoms with E-state index in [9.17, 15) is 4.79 Å². The molecule has 0 aliphatic carbocycles. The molecule has 0 fully saturated rings. The van der Waals surface area contributed by atoms with Gasteiger partial charge in [-0.3, -0.25) is 4.79 Å². The molecular weight excluding hydrogens is 304 g/mol. The van der Waals surface area contributed by atoms with Crippen LogP contribution in [0.4, 0.5) is 0 Å². The second-order valence-electron chi connectivity index (χ2n) is 6.31. The topological polar surface area (TPSA) is 73.0 Å². The molecule has 1 unspecified atom stereocenters. The summed E-state index contributed by atoms with van der Waals surface area (Å²) in [7, 11) is 0. The number of aryl methyl sites for hydroxylation is 1. The van der Waals surface area contributed by atoms with Crippen LogP contribution in [0.25, 0.3) is 11.0 Å². The van der Waals surface area contributed by atoms with Gasteiger partial charge in [-0.2, -0.15) is 5.10 Å². The Hall–Kier alpha value is -2.63. The first kappa shape index (κ1) is 16.2. The standard InChI is InChI=1S/C18H22N4O2/c1-12(2)22-17-14(11-20-22)9-15(10-19-17)18(23)21-13(3)6-7-16-5-4-8-24-16/h4-5,8-13H,6-7H2,1-3H3,(H,21,23). The number of nitrogens with zero attached hydrogens (tertiary/aromatic N) is 3. The highest BCUT2D eigenvalue weighted by atomic mass is 16.3. The van der Waals surface area contributed by atoms with E-state index in [0.29, 0.717) is 5.56 Å². The highest BCUT2D eigenvalue weighted by Gasteiger charge is 2.14. The zero-order chi connectivity index (χ0) is 17.1. The highest BCUT2D eigenvalue weighted by molar-refractivity contribution is 5.96. The summed E-state index contributed by atoms with van der Waals surface area (Å²) < 4.78 is 7.16. The summed E-state index contributed by atoms with van der Waals surface area (Å²) in [6.07, 6.45) is 6.64. The van der Waals surface area contributed by atoms with Crippen LogP contribution in [0.2, 0.25) is 0 Å². The van der Waals surface area contributed by atoms with Crippen LogP contribution in [0.15, 0.2) is 41.3 Å². The predicted molar refractivity (Wildman–Crippen MR) is 91.9 cm³/mol. The largest absolute Gasteiger partial charge is 0.469 e. The van der Waals surface area contributed by atoms with Crippen LogP contribution in [0.5, 0.6) is 0 Å². The number of furan rings is 1. The average Bonchev–Trinajstić information content (AvgIpc) is 3.21. The van der Waals surface area contributed by atoms with E-state index in [4.69, 9.17) is 4.42 Å². The first-order valence-corrected chi connectivity index (χ1v) is 8.21. The van der Waals surface area contributed by atoms with Crippen molar-refractivity contribution in [1.82, 2.24) is 20.1 Å². The van der Waals surface area contributed by atoms with Crippen LogP contribution in [0, 0.1) is 0 Å². The van der Waals surface area contributed by atoms with Crippen molar-refractivity contribution in [2.75, 3.05) is 0 Å². The Kier molecular flexibility index (Phi) is 4.64. The number of aromatic nitrogens is 3. The lowest BCUT2D eigenvalue weighted by atomic mass is 10.1. The van der Waals surface area contributed by atoms with Crippen molar-refractivity contribution < 1.29 is 9.21 Å². The van der Waals surface area contributed by atoms with E-state index in [0.717, 1.165) is 29.6 Å². The van der Waals surface area contributed by atoms with Gasteiger partial charge in [-0.05, 0) is 45.4 Å². The van der Waals surface area contributed by atoms with E-state index in [1.54, 1.807) is 18.7 Å². The Labute approximate surface area is 140 Å². The molecule has 24 heavy (non-hydrogen) atoms. The van der Waals surface area contributed by atoms with Gasteiger partial charge in [-0.1, -0.05) is 0 Å². The Morgan fingerprint density at radius 1 is 1.33 bits per heavy atom. The highest BCUT2D eigenvalue weighted by Crippen LogP contribution is 2.17. The monoisotopic (exact) mass is 326 g/mol. The molecule has 0 spiro atoms. The molecule has 1 amide bonds. The summed E-state index contributed by atoms with van der Waals surface area (Å²) in [6, 6.07) is 5.94. The molecular formula is C18H22N4O2. The maximum atomic E-state index is 12.4. The minimum Gasteiger partial charge on any atom is -0.469 e. The van der Waals surface area contributed by atoms with Gasteiger partial charge in [0.15, 0.2) is 5.65 Å². The van der Waals surface area contributed by atoms with Gasteiger partial charge in [0.25, 0.3) is 5.91 Å². The number of amides is 1. The third-order valence-electron chi connectivity index (χ3n) is 3.97. The molecule has 0 aliphatic heterocycles. The number of hydrogen-bond donors (Lipinski definition) is 1. The smallest absolute Gasteiger partial charge is 0.253 e. The number of hydrogen-bond acceptors (Lipinski definition) is 4. The summed E-state index contributed by atoms with van der Waals surface area (Å²) in [6.45, 7) is 6.09. The van der Waals surface area contributed by atoms with Crippen molar-refractivity contribution in [3.63, 3.8) is 0 Å². The SMILES string of the molecule is CC(CCc1ccco1)NC(=O)c1cnc2c(cnn2C(C)C)c1. The normalized spacial score (nSPS) is 12.7. The van der Waals surface area contributed by atoms with Crippen LogP contribution in [-0.4, -0.2) is 26.7 Å². The van der Waals surface area contributed by atoms with Crippen molar-refractivity contribution in [2.24, 2.45) is 0 Å². The van der Waals surface area contributed by atoms with Gasteiger partial charge in [-0.25, -0.2) is 9.67 Å². The van der Waals surface area contributed by atoms with Gasteiger partial charge in [0, 0.05) is 30.1 Å². The van der Waals surface area contributed by atoms with Crippen LogP contribution >= 0.6 is 0 Å². The lowest BCUT2D eigenvalue weighted by Crippen LogP contribution is -2.32. The van der Waals surface area contributed by atoms with E-state index < -0.39 is 0 Å². The summed E-state index contributed by atoms with van der Waals surface area (Å²) >= 11 is 0. The number of nitrogens with one attached hydrogen (secondary N) is 1. The average molecular weight is 326 g/mol. The lowest BCUT2D eigenvalue weighted by molar-refractivity contribution is 0.0938. The number of fused-ring (bicyclic) bond motifs is 1. The molecule has 3 heterocycles. The Bertz CT molecular complexity index is 821. The fraction of sp³-hybridized carbons (Fsp3) is 0.389. The van der Waals surface area contributed by atoms with E-state index in [-0.39, 0.29) is 18.0 Å². The van der Waals surface area contributed by atoms with E-state index in [1.165, 1.54) is 0 Å². The van der Waals surface area contributed by atoms with Gasteiger partial charge >= 0.3 is 0 Å². The second-order valence-corrected chi connectivity index (χ2v) is 6.31. The van der Waals surface area contributed by atoms with E-state index in [2.05, 4.69) is 29.2 Å². The molecule has 6 nitrogen and oxygen atoms in total. The molecule has 3 aromatic heterocycles. The third kappa shape index (κ3) is 3.48.